The Kier molecular flexibility index (Phi) is 7.35. The molecule has 0 unspecified atom stereocenters. The van der Waals surface area contributed by atoms with Gasteiger partial charge in [-0.3, -0.25) is 15.1 Å². The molecule has 3 N–H and O–H groups in total. The number of fused-ring (bicyclic) bond motifs is 4. The first-order valence-corrected chi connectivity index (χ1v) is 13.9. The number of aromatic nitrogens is 4. The van der Waals surface area contributed by atoms with Crippen molar-refractivity contribution in [3.05, 3.63) is 90.8 Å². The zero-order valence-electron chi connectivity index (χ0n) is 22.6. The number of benzene rings is 3. The topological polar surface area (TPSA) is 95.6 Å². The number of urea groups is 1. The second-order valence-corrected chi connectivity index (χ2v) is 10.1. The molecule has 0 aliphatic heterocycles. The van der Waals surface area contributed by atoms with E-state index < -0.39 is 0 Å². The lowest BCUT2D eigenvalue weighted by Gasteiger charge is -2.09. The Bertz CT molecular complexity index is 1790. The SMILES string of the molecule is CCCCCCNC(=O)NCc1ccc(-c2n[nH]c3cnc4ccc(-c5cnc6ccccc6c5)cc4c23)cc1. The minimum absolute atomic E-state index is 0.129. The van der Waals surface area contributed by atoms with Gasteiger partial charge in [0.15, 0.2) is 0 Å². The standard InChI is InChI=1S/C33H32N6O/c1-2-3-4-7-16-34-33(40)37-19-22-10-12-23(13-11-22)32-31-27-18-24(14-15-29(27)36-21-30(31)38-39-32)26-17-25-8-5-6-9-28(25)35-20-26/h5-6,8-15,17-18,20-21H,2-4,7,16,19H2,1H3,(H,38,39)(H2,34,37,40). The largest absolute Gasteiger partial charge is 0.338 e. The highest BCUT2D eigenvalue weighted by Gasteiger charge is 2.14. The predicted octanol–water partition coefficient (Wildman–Crippen LogP) is 7.37. The van der Waals surface area contributed by atoms with Crippen molar-refractivity contribution in [2.75, 3.05) is 6.54 Å². The number of nitrogens with one attached hydrogen (secondary N) is 3. The number of hydrogen-bond acceptors (Lipinski definition) is 4. The molecule has 0 fully saturated rings. The molecule has 0 radical (unpaired) electrons. The van der Waals surface area contributed by atoms with Crippen molar-refractivity contribution < 1.29 is 4.79 Å². The second kappa shape index (κ2) is 11.5. The van der Waals surface area contributed by atoms with Crippen LogP contribution in [-0.4, -0.2) is 32.7 Å². The lowest BCUT2D eigenvalue weighted by molar-refractivity contribution is 0.240. The maximum atomic E-state index is 12.1. The first-order valence-electron chi connectivity index (χ1n) is 13.9. The summed E-state index contributed by atoms with van der Waals surface area (Å²) >= 11 is 0. The molecule has 3 heterocycles. The van der Waals surface area contributed by atoms with E-state index in [-0.39, 0.29) is 6.03 Å². The van der Waals surface area contributed by atoms with Gasteiger partial charge in [-0.15, -0.1) is 0 Å². The molecule has 3 aromatic carbocycles. The fraction of sp³-hybridized carbons (Fsp3) is 0.212. The number of hydrogen-bond donors (Lipinski definition) is 3. The van der Waals surface area contributed by atoms with Gasteiger partial charge in [-0.25, -0.2) is 4.79 Å². The van der Waals surface area contributed by atoms with E-state index in [1.807, 2.05) is 42.7 Å². The van der Waals surface area contributed by atoms with Gasteiger partial charge in [0.2, 0.25) is 0 Å². The van der Waals surface area contributed by atoms with E-state index in [4.69, 9.17) is 0 Å². The maximum Gasteiger partial charge on any atom is 0.315 e. The Labute approximate surface area is 233 Å². The maximum absolute atomic E-state index is 12.1. The van der Waals surface area contributed by atoms with Crippen LogP contribution in [0.3, 0.4) is 0 Å². The molecule has 200 valence electrons. The summed E-state index contributed by atoms with van der Waals surface area (Å²) in [5.41, 5.74) is 7.83. The Hall–Kier alpha value is -4.78. The fourth-order valence-electron chi connectivity index (χ4n) is 5.10. The third-order valence-corrected chi connectivity index (χ3v) is 7.31. The molecular formula is C33H32N6O. The third-order valence-electron chi connectivity index (χ3n) is 7.31. The normalized spacial score (nSPS) is 11.3. The van der Waals surface area contributed by atoms with Crippen LogP contribution in [0.2, 0.25) is 0 Å². The summed E-state index contributed by atoms with van der Waals surface area (Å²) in [4.78, 5) is 21.4. The van der Waals surface area contributed by atoms with Crippen LogP contribution in [-0.2, 0) is 6.54 Å². The smallest absolute Gasteiger partial charge is 0.315 e. The van der Waals surface area contributed by atoms with E-state index in [1.54, 1.807) is 0 Å². The molecule has 3 aromatic heterocycles. The summed E-state index contributed by atoms with van der Waals surface area (Å²) < 4.78 is 0. The first kappa shape index (κ1) is 25.5. The van der Waals surface area contributed by atoms with Gasteiger partial charge in [-0.1, -0.05) is 74.7 Å². The second-order valence-electron chi connectivity index (χ2n) is 10.1. The lowest BCUT2D eigenvalue weighted by atomic mass is 9.99. The van der Waals surface area contributed by atoms with Crippen molar-refractivity contribution in [1.29, 1.82) is 0 Å². The molecule has 0 spiro atoms. The molecule has 6 rings (SSSR count). The summed E-state index contributed by atoms with van der Waals surface area (Å²) in [6.07, 6.45) is 8.31. The van der Waals surface area contributed by atoms with Gasteiger partial charge in [0.25, 0.3) is 0 Å². The Morgan fingerprint density at radius 1 is 0.800 bits per heavy atom. The fourth-order valence-corrected chi connectivity index (χ4v) is 5.10. The zero-order valence-corrected chi connectivity index (χ0v) is 22.6. The molecule has 0 saturated carbocycles. The van der Waals surface area contributed by atoms with Gasteiger partial charge in [-0.2, -0.15) is 5.10 Å². The molecule has 0 aliphatic carbocycles. The number of para-hydroxylation sites is 1. The van der Waals surface area contributed by atoms with Gasteiger partial charge in [-0.05, 0) is 41.8 Å². The van der Waals surface area contributed by atoms with Crippen LogP contribution < -0.4 is 10.6 Å². The average Bonchev–Trinajstić information content (AvgIpc) is 3.44. The van der Waals surface area contributed by atoms with Crippen molar-refractivity contribution >= 4 is 38.7 Å². The highest BCUT2D eigenvalue weighted by Crippen LogP contribution is 2.34. The van der Waals surface area contributed by atoms with Crippen molar-refractivity contribution in [2.45, 2.75) is 39.2 Å². The molecule has 2 amide bonds. The van der Waals surface area contributed by atoms with Crippen LogP contribution in [0.1, 0.15) is 38.2 Å². The van der Waals surface area contributed by atoms with Gasteiger partial charge in [0.05, 0.1) is 22.7 Å². The van der Waals surface area contributed by atoms with E-state index in [9.17, 15) is 4.79 Å². The predicted molar refractivity (Wildman–Crippen MR) is 162 cm³/mol. The van der Waals surface area contributed by atoms with Crippen LogP contribution in [0.15, 0.2) is 85.2 Å². The zero-order chi connectivity index (χ0) is 27.3. The molecule has 0 bridgehead atoms. The number of aromatic amines is 1. The molecule has 0 aliphatic rings. The van der Waals surface area contributed by atoms with E-state index >= 15 is 0 Å². The van der Waals surface area contributed by atoms with Crippen LogP contribution in [0.4, 0.5) is 4.79 Å². The van der Waals surface area contributed by atoms with Crippen LogP contribution in [0.5, 0.6) is 0 Å². The molecule has 7 heteroatoms. The van der Waals surface area contributed by atoms with Crippen molar-refractivity contribution in [3.63, 3.8) is 0 Å². The minimum atomic E-state index is -0.129. The molecule has 6 aromatic rings. The van der Waals surface area contributed by atoms with Crippen molar-refractivity contribution in [2.24, 2.45) is 0 Å². The van der Waals surface area contributed by atoms with E-state index in [2.05, 4.69) is 80.2 Å². The van der Waals surface area contributed by atoms with Gasteiger partial charge in [0.1, 0.15) is 5.69 Å². The van der Waals surface area contributed by atoms with E-state index in [1.165, 1.54) is 12.8 Å². The third kappa shape index (κ3) is 5.36. The lowest BCUT2D eigenvalue weighted by Crippen LogP contribution is -2.35. The molecular weight excluding hydrogens is 496 g/mol. The number of pyridine rings is 2. The van der Waals surface area contributed by atoms with E-state index in [0.717, 1.165) is 73.5 Å². The summed E-state index contributed by atoms with van der Waals surface area (Å²) in [5.74, 6) is 0. The monoisotopic (exact) mass is 528 g/mol. The number of unbranched alkanes of at least 4 members (excludes halogenated alkanes) is 3. The quantitative estimate of drug-likeness (QED) is 0.171. The van der Waals surface area contributed by atoms with E-state index in [0.29, 0.717) is 13.1 Å². The number of rotatable bonds is 9. The number of carbonyl (C=O) groups is 1. The number of carbonyl (C=O) groups excluding carboxylic acids is 1. The molecule has 7 nitrogen and oxygen atoms in total. The Morgan fingerprint density at radius 3 is 2.50 bits per heavy atom. The van der Waals surface area contributed by atoms with Crippen LogP contribution in [0, 0.1) is 0 Å². The number of H-pyrrole nitrogens is 1. The number of nitrogens with zero attached hydrogens (tertiary/aromatic N) is 3. The molecule has 0 saturated heterocycles. The van der Waals surface area contributed by atoms with Gasteiger partial charge >= 0.3 is 6.03 Å². The molecule has 40 heavy (non-hydrogen) atoms. The number of amides is 2. The van der Waals surface area contributed by atoms with Gasteiger partial charge < -0.3 is 10.6 Å². The van der Waals surface area contributed by atoms with Crippen molar-refractivity contribution in [1.82, 2.24) is 30.8 Å². The summed E-state index contributed by atoms with van der Waals surface area (Å²) in [7, 11) is 0. The Balaban J connectivity index is 1.24. The van der Waals surface area contributed by atoms with Crippen molar-refractivity contribution in [3.8, 4) is 22.4 Å². The molecule has 0 atom stereocenters. The van der Waals surface area contributed by atoms with Crippen LogP contribution >= 0.6 is 0 Å². The van der Waals surface area contributed by atoms with Crippen LogP contribution in [0.25, 0.3) is 55.1 Å². The van der Waals surface area contributed by atoms with Gasteiger partial charge in [0, 0.05) is 46.6 Å². The Morgan fingerprint density at radius 2 is 1.62 bits per heavy atom. The average molecular weight is 529 g/mol. The summed E-state index contributed by atoms with van der Waals surface area (Å²) in [6.45, 7) is 3.36. The minimum Gasteiger partial charge on any atom is -0.338 e. The summed E-state index contributed by atoms with van der Waals surface area (Å²) in [5, 5.41) is 16.9. The summed E-state index contributed by atoms with van der Waals surface area (Å²) in [6, 6.07) is 24.7. The highest BCUT2D eigenvalue weighted by atomic mass is 16.2. The first-order chi connectivity index (χ1) is 19.7. The highest BCUT2D eigenvalue weighted by molar-refractivity contribution is 6.11.